The van der Waals surface area contributed by atoms with Gasteiger partial charge in [0.2, 0.25) is 0 Å². The van der Waals surface area contributed by atoms with E-state index in [1.807, 2.05) is 6.92 Å². The van der Waals surface area contributed by atoms with Crippen LogP contribution in [-0.4, -0.2) is 56.5 Å². The minimum absolute atomic E-state index is 0.00592. The van der Waals surface area contributed by atoms with Crippen LogP contribution in [0.15, 0.2) is 18.2 Å². The number of esters is 3. The maximum absolute atomic E-state index is 12.2. The van der Waals surface area contributed by atoms with Crippen molar-refractivity contribution in [2.24, 2.45) is 0 Å². The molecule has 0 saturated carbocycles. The van der Waals surface area contributed by atoms with Gasteiger partial charge >= 0.3 is 24.1 Å². The Morgan fingerprint density at radius 3 is 2.18 bits per heavy atom. The molecule has 0 aliphatic carbocycles. The molecule has 33 heavy (non-hydrogen) atoms. The third kappa shape index (κ3) is 10.3. The van der Waals surface area contributed by atoms with Crippen molar-refractivity contribution in [3.63, 3.8) is 0 Å². The second-order valence-electron chi connectivity index (χ2n) is 7.11. The van der Waals surface area contributed by atoms with E-state index in [2.05, 4.69) is 5.32 Å². The number of ether oxygens (including phenoxy) is 5. The van der Waals surface area contributed by atoms with E-state index in [-0.39, 0.29) is 50.0 Å². The molecule has 2 atom stereocenters. The predicted octanol–water partition coefficient (Wildman–Crippen LogP) is 2.94. The van der Waals surface area contributed by atoms with Crippen LogP contribution in [-0.2, 0) is 35.0 Å². The summed E-state index contributed by atoms with van der Waals surface area (Å²) in [6.45, 7) is 7.10. The van der Waals surface area contributed by atoms with Gasteiger partial charge in [0.05, 0.1) is 7.11 Å². The maximum Gasteiger partial charge on any atom is 0.508 e. The Hall–Kier alpha value is -3.14. The fourth-order valence-electron chi connectivity index (χ4n) is 2.50. The zero-order valence-electron chi connectivity index (χ0n) is 19.8. The zero-order valence-corrected chi connectivity index (χ0v) is 19.8. The minimum Gasteiger partial charge on any atom is -0.468 e. The molecule has 0 radical (unpaired) electrons. The number of rotatable bonds is 13. The first-order chi connectivity index (χ1) is 15.7. The second-order valence-corrected chi connectivity index (χ2v) is 7.11. The number of hydrogen-bond donors (Lipinski definition) is 1. The van der Waals surface area contributed by atoms with E-state index in [1.54, 1.807) is 26.8 Å². The fourth-order valence-corrected chi connectivity index (χ4v) is 2.50. The van der Waals surface area contributed by atoms with Gasteiger partial charge in [0.25, 0.3) is 0 Å². The number of hydrogen-bond acceptors (Lipinski definition) is 10. The Labute approximate surface area is 193 Å². The van der Waals surface area contributed by atoms with Crippen molar-refractivity contribution in [2.75, 3.05) is 20.3 Å². The van der Waals surface area contributed by atoms with Crippen molar-refractivity contribution in [3.05, 3.63) is 23.8 Å². The molecule has 1 aromatic rings. The van der Waals surface area contributed by atoms with E-state index < -0.39 is 30.1 Å². The molecule has 10 nitrogen and oxygen atoms in total. The van der Waals surface area contributed by atoms with Gasteiger partial charge in [-0.3, -0.25) is 14.4 Å². The molecular formula is C23H33NO9. The van der Waals surface area contributed by atoms with Gasteiger partial charge in [-0.15, -0.1) is 0 Å². The van der Waals surface area contributed by atoms with Crippen LogP contribution in [0.3, 0.4) is 0 Å². The number of methoxy groups -OCH3 is 1. The van der Waals surface area contributed by atoms with Gasteiger partial charge in [-0.1, -0.05) is 26.8 Å². The molecule has 0 amide bonds. The summed E-state index contributed by atoms with van der Waals surface area (Å²) in [6.07, 6.45) is 0.123. The lowest BCUT2D eigenvalue weighted by atomic mass is 10.1. The van der Waals surface area contributed by atoms with Crippen LogP contribution in [0, 0.1) is 0 Å². The average molecular weight is 468 g/mol. The molecule has 0 bridgehead atoms. The van der Waals surface area contributed by atoms with E-state index in [9.17, 15) is 19.2 Å². The van der Waals surface area contributed by atoms with Crippen LogP contribution in [0.25, 0.3) is 0 Å². The van der Waals surface area contributed by atoms with Gasteiger partial charge in [-0.05, 0) is 37.5 Å². The summed E-state index contributed by atoms with van der Waals surface area (Å²) in [4.78, 5) is 47.3. The van der Waals surface area contributed by atoms with Gasteiger partial charge in [0.1, 0.15) is 18.8 Å². The van der Waals surface area contributed by atoms with Crippen LogP contribution in [0.2, 0.25) is 0 Å². The lowest BCUT2D eigenvalue weighted by molar-refractivity contribution is -0.143. The Bertz CT molecular complexity index is 809. The molecule has 184 valence electrons. The molecule has 0 aromatic heterocycles. The smallest absolute Gasteiger partial charge is 0.468 e. The standard InChI is InChI=1S/C23H33NO9/c1-6-15(4)31-23(28)30-12-11-24-17(22(27)29-5)13-16-9-10-18(32-20(25)7-2)19(14-16)33-21(26)8-3/h9-10,14-15,17,24H,6-8,11-13H2,1-5H3/t15?,17-/m0/s1. The Morgan fingerprint density at radius 2 is 1.61 bits per heavy atom. The first-order valence-electron chi connectivity index (χ1n) is 10.9. The summed E-state index contributed by atoms with van der Waals surface area (Å²) in [5.41, 5.74) is 0.630. The van der Waals surface area contributed by atoms with E-state index in [1.165, 1.54) is 19.2 Å². The molecule has 0 saturated heterocycles. The summed E-state index contributed by atoms with van der Waals surface area (Å²) < 4.78 is 25.4. The highest BCUT2D eigenvalue weighted by molar-refractivity contribution is 5.77. The van der Waals surface area contributed by atoms with Crippen LogP contribution in [0.1, 0.15) is 52.5 Å². The van der Waals surface area contributed by atoms with Crippen molar-refractivity contribution >= 4 is 24.1 Å². The van der Waals surface area contributed by atoms with Crippen LogP contribution in [0.5, 0.6) is 11.5 Å². The molecule has 0 fully saturated rings. The first kappa shape index (κ1) is 27.9. The molecule has 1 rings (SSSR count). The molecule has 1 aromatic carbocycles. The monoisotopic (exact) mass is 467 g/mol. The quantitative estimate of drug-likeness (QED) is 0.263. The molecule has 0 aliphatic heterocycles. The largest absolute Gasteiger partial charge is 0.508 e. The number of nitrogens with one attached hydrogen (secondary N) is 1. The Balaban J connectivity index is 2.85. The second kappa shape index (κ2) is 14.8. The average Bonchev–Trinajstić information content (AvgIpc) is 2.81. The molecule has 1 N–H and O–H groups in total. The Kier molecular flexibility index (Phi) is 12.5. The predicted molar refractivity (Wildman–Crippen MR) is 118 cm³/mol. The normalized spacial score (nSPS) is 12.3. The molecule has 0 spiro atoms. The summed E-state index contributed by atoms with van der Waals surface area (Å²) in [5.74, 6) is -1.29. The number of carbonyl (C=O) groups is 4. The lowest BCUT2D eigenvalue weighted by Crippen LogP contribution is -2.41. The highest BCUT2D eigenvalue weighted by Crippen LogP contribution is 2.30. The summed E-state index contributed by atoms with van der Waals surface area (Å²) >= 11 is 0. The highest BCUT2D eigenvalue weighted by Gasteiger charge is 2.21. The minimum atomic E-state index is -0.777. The van der Waals surface area contributed by atoms with Crippen molar-refractivity contribution in [2.45, 2.75) is 65.5 Å². The maximum atomic E-state index is 12.2. The highest BCUT2D eigenvalue weighted by atomic mass is 16.7. The molecule has 0 heterocycles. The van der Waals surface area contributed by atoms with Crippen molar-refractivity contribution < 1.29 is 42.9 Å². The summed E-state index contributed by atoms with van der Waals surface area (Å²) in [7, 11) is 1.26. The molecule has 0 aliphatic rings. The third-order valence-electron chi connectivity index (χ3n) is 4.54. The van der Waals surface area contributed by atoms with Gasteiger partial charge in [-0.25, -0.2) is 4.79 Å². The molecule has 1 unspecified atom stereocenters. The van der Waals surface area contributed by atoms with E-state index in [0.717, 1.165) is 0 Å². The van der Waals surface area contributed by atoms with Gasteiger partial charge in [0, 0.05) is 19.4 Å². The van der Waals surface area contributed by atoms with Crippen molar-refractivity contribution in [1.29, 1.82) is 0 Å². The van der Waals surface area contributed by atoms with Crippen molar-refractivity contribution in [3.8, 4) is 11.5 Å². The van der Waals surface area contributed by atoms with E-state index in [0.29, 0.717) is 12.0 Å². The number of carbonyl (C=O) groups excluding carboxylic acids is 4. The SMILES string of the molecule is CCC(=O)Oc1ccc(C[C@H](NCCOC(=O)OC(C)CC)C(=O)OC)cc1OC(=O)CC. The summed E-state index contributed by atoms with van der Waals surface area (Å²) in [6, 6.07) is 3.93. The lowest BCUT2D eigenvalue weighted by Gasteiger charge is -2.18. The van der Waals surface area contributed by atoms with Gasteiger partial charge < -0.3 is 29.0 Å². The van der Waals surface area contributed by atoms with Crippen LogP contribution in [0.4, 0.5) is 4.79 Å². The van der Waals surface area contributed by atoms with Crippen LogP contribution >= 0.6 is 0 Å². The topological polar surface area (TPSA) is 126 Å². The number of benzene rings is 1. The third-order valence-corrected chi connectivity index (χ3v) is 4.54. The van der Waals surface area contributed by atoms with Crippen molar-refractivity contribution in [1.82, 2.24) is 5.32 Å². The first-order valence-corrected chi connectivity index (χ1v) is 10.9. The van der Waals surface area contributed by atoms with Gasteiger partial charge in [0.15, 0.2) is 11.5 Å². The van der Waals surface area contributed by atoms with Gasteiger partial charge in [-0.2, -0.15) is 0 Å². The zero-order chi connectivity index (χ0) is 24.8. The summed E-state index contributed by atoms with van der Waals surface area (Å²) in [5, 5.41) is 2.97. The molecule has 10 heteroatoms. The molecular weight excluding hydrogens is 434 g/mol. The Morgan fingerprint density at radius 1 is 0.970 bits per heavy atom. The fraction of sp³-hybridized carbons (Fsp3) is 0.565. The van der Waals surface area contributed by atoms with E-state index >= 15 is 0 Å². The van der Waals surface area contributed by atoms with E-state index in [4.69, 9.17) is 23.7 Å². The van der Waals surface area contributed by atoms with Crippen LogP contribution < -0.4 is 14.8 Å².